The molecular weight excluding hydrogens is 646 g/mol. The van der Waals surface area contributed by atoms with Gasteiger partial charge in [0.15, 0.2) is 0 Å². The number of nitrogens with zero attached hydrogens (tertiary/aromatic N) is 1. The molecule has 0 radical (unpaired) electrons. The first-order valence-electron chi connectivity index (χ1n) is 14.3. The van der Waals surface area contributed by atoms with Crippen molar-refractivity contribution in [3.8, 4) is 0 Å². The van der Waals surface area contributed by atoms with Crippen molar-refractivity contribution in [2.75, 3.05) is 5.32 Å². The Kier molecular flexibility index (Phi) is 8.96. The molecule has 0 aliphatic rings. The maximum Gasteiger partial charge on any atom is 0.272 e. The fourth-order valence-corrected chi connectivity index (χ4v) is 6.44. The summed E-state index contributed by atoms with van der Waals surface area (Å²) in [5.41, 5.74) is 3.62. The zero-order valence-electron chi connectivity index (χ0n) is 24.2. The third kappa shape index (κ3) is 6.77. The Bertz CT molecular complexity index is 2020. The SMILES string of the molecule is CC(Sc1ccc(NC(=O)/C(=C/c2cccc(Br)c2)NC(=O)c2ccccc2)cc1)C(=O)n1c2ccccc2c2ccccc21. The van der Waals surface area contributed by atoms with Gasteiger partial charge in [-0.25, -0.2) is 0 Å². The molecule has 0 aliphatic carbocycles. The van der Waals surface area contributed by atoms with Gasteiger partial charge in [0.1, 0.15) is 5.70 Å². The first kappa shape index (κ1) is 30.1. The van der Waals surface area contributed by atoms with Gasteiger partial charge in [0.05, 0.1) is 16.3 Å². The Labute approximate surface area is 273 Å². The van der Waals surface area contributed by atoms with Crippen molar-refractivity contribution in [1.29, 1.82) is 0 Å². The average molecular weight is 675 g/mol. The number of hydrogen-bond donors (Lipinski definition) is 2. The third-order valence-electron chi connectivity index (χ3n) is 7.26. The highest BCUT2D eigenvalue weighted by Gasteiger charge is 2.22. The van der Waals surface area contributed by atoms with Gasteiger partial charge in [0, 0.05) is 31.4 Å². The molecule has 6 rings (SSSR count). The van der Waals surface area contributed by atoms with Crippen molar-refractivity contribution in [1.82, 2.24) is 9.88 Å². The highest BCUT2D eigenvalue weighted by molar-refractivity contribution is 9.10. The lowest BCUT2D eigenvalue weighted by Gasteiger charge is -2.14. The molecule has 6 nitrogen and oxygen atoms in total. The van der Waals surface area contributed by atoms with Crippen LogP contribution in [0, 0.1) is 0 Å². The molecule has 8 heteroatoms. The number of rotatable bonds is 8. The maximum atomic E-state index is 13.7. The molecule has 45 heavy (non-hydrogen) atoms. The molecule has 5 aromatic carbocycles. The molecule has 0 bridgehead atoms. The van der Waals surface area contributed by atoms with E-state index in [-0.39, 0.29) is 22.8 Å². The largest absolute Gasteiger partial charge is 0.321 e. The number of halogens is 1. The topological polar surface area (TPSA) is 80.2 Å². The fraction of sp³-hybridized carbons (Fsp3) is 0.0541. The van der Waals surface area contributed by atoms with Crippen LogP contribution in [-0.2, 0) is 4.79 Å². The van der Waals surface area contributed by atoms with Crippen molar-refractivity contribution >= 4 is 79.0 Å². The monoisotopic (exact) mass is 673 g/mol. The minimum atomic E-state index is -0.463. The number of carbonyl (C=O) groups excluding carboxylic acids is 3. The lowest BCUT2D eigenvalue weighted by molar-refractivity contribution is -0.113. The molecule has 1 aromatic heterocycles. The van der Waals surface area contributed by atoms with Crippen LogP contribution in [0.4, 0.5) is 5.69 Å². The lowest BCUT2D eigenvalue weighted by atomic mass is 10.1. The van der Waals surface area contributed by atoms with Crippen molar-refractivity contribution in [3.05, 3.63) is 149 Å². The summed E-state index contributed by atoms with van der Waals surface area (Å²) in [7, 11) is 0. The van der Waals surface area contributed by atoms with Gasteiger partial charge in [0.2, 0.25) is 5.91 Å². The number of nitrogens with one attached hydrogen (secondary N) is 2. The molecule has 2 N–H and O–H groups in total. The highest BCUT2D eigenvalue weighted by Crippen LogP contribution is 2.32. The molecule has 0 aliphatic heterocycles. The number of para-hydroxylation sites is 2. The maximum absolute atomic E-state index is 13.7. The van der Waals surface area contributed by atoms with Crippen LogP contribution >= 0.6 is 27.7 Å². The minimum absolute atomic E-state index is 0.00809. The van der Waals surface area contributed by atoms with Crippen molar-refractivity contribution < 1.29 is 14.4 Å². The molecule has 0 fully saturated rings. The predicted octanol–water partition coefficient (Wildman–Crippen LogP) is 8.79. The van der Waals surface area contributed by atoms with E-state index < -0.39 is 5.91 Å². The van der Waals surface area contributed by atoms with Crippen LogP contribution in [0.25, 0.3) is 27.9 Å². The van der Waals surface area contributed by atoms with Crippen LogP contribution < -0.4 is 10.6 Å². The summed E-state index contributed by atoms with van der Waals surface area (Å²) in [5, 5.41) is 7.38. The van der Waals surface area contributed by atoms with Gasteiger partial charge >= 0.3 is 0 Å². The van der Waals surface area contributed by atoms with Crippen molar-refractivity contribution in [2.45, 2.75) is 17.1 Å². The second-order valence-electron chi connectivity index (χ2n) is 10.4. The smallest absolute Gasteiger partial charge is 0.272 e. The van der Waals surface area contributed by atoms with Crippen LogP contribution in [0.3, 0.4) is 0 Å². The van der Waals surface area contributed by atoms with E-state index in [1.54, 1.807) is 47.0 Å². The summed E-state index contributed by atoms with van der Waals surface area (Å²) in [6, 6.07) is 39.4. The zero-order valence-corrected chi connectivity index (χ0v) is 26.6. The van der Waals surface area contributed by atoms with Gasteiger partial charge in [-0.2, -0.15) is 0 Å². The Morgan fingerprint density at radius 1 is 0.756 bits per heavy atom. The van der Waals surface area contributed by atoms with Crippen LogP contribution in [0.15, 0.2) is 142 Å². The molecule has 222 valence electrons. The van der Waals surface area contributed by atoms with Gasteiger partial charge in [-0.05, 0) is 79.2 Å². The van der Waals surface area contributed by atoms with Gasteiger partial charge < -0.3 is 10.6 Å². The summed E-state index contributed by atoms with van der Waals surface area (Å²) < 4.78 is 2.66. The molecule has 0 spiro atoms. The lowest BCUT2D eigenvalue weighted by Crippen LogP contribution is -2.30. The van der Waals surface area contributed by atoms with Crippen molar-refractivity contribution in [3.63, 3.8) is 0 Å². The predicted molar refractivity (Wildman–Crippen MR) is 186 cm³/mol. The molecule has 6 aromatic rings. The number of hydrogen-bond acceptors (Lipinski definition) is 4. The second-order valence-corrected chi connectivity index (χ2v) is 12.7. The summed E-state index contributed by atoms with van der Waals surface area (Å²) in [6.45, 7) is 1.90. The Morgan fingerprint density at radius 2 is 1.38 bits per heavy atom. The molecule has 1 heterocycles. The number of carbonyl (C=O) groups is 3. The van der Waals surface area contributed by atoms with Gasteiger partial charge in [0.25, 0.3) is 11.8 Å². The normalized spacial score (nSPS) is 12.2. The summed E-state index contributed by atoms with van der Waals surface area (Å²) >= 11 is 4.91. The third-order valence-corrected chi connectivity index (χ3v) is 8.85. The highest BCUT2D eigenvalue weighted by atomic mass is 79.9. The van der Waals surface area contributed by atoms with E-state index in [0.717, 1.165) is 36.7 Å². The van der Waals surface area contributed by atoms with Crippen LogP contribution in [0.5, 0.6) is 0 Å². The van der Waals surface area contributed by atoms with E-state index in [2.05, 4.69) is 26.6 Å². The standard InChI is InChI=1S/C37H28BrN3O3S/c1-24(37(44)41-33-16-7-5-14-30(33)31-15-6-8-17-34(31)41)45-29-20-18-28(19-21-29)39-36(43)32(23-25-10-9-13-27(38)22-25)40-35(42)26-11-3-2-4-12-26/h2-24H,1H3,(H,39,43)(H,40,42)/b32-23-. The van der Waals surface area contributed by atoms with Crippen LogP contribution in [0.1, 0.15) is 27.6 Å². The number of thioether (sulfide) groups is 1. The van der Waals surface area contributed by atoms with E-state index >= 15 is 0 Å². The molecular formula is C37H28BrN3O3S. The number of aromatic nitrogens is 1. The number of amides is 2. The molecule has 1 unspecified atom stereocenters. The van der Waals surface area contributed by atoms with Gasteiger partial charge in [-0.3, -0.25) is 19.0 Å². The summed E-state index contributed by atoms with van der Waals surface area (Å²) in [4.78, 5) is 41.0. The Morgan fingerprint density at radius 3 is 2.02 bits per heavy atom. The van der Waals surface area contributed by atoms with Gasteiger partial charge in [-0.15, -0.1) is 11.8 Å². The average Bonchev–Trinajstić information content (AvgIpc) is 3.39. The van der Waals surface area contributed by atoms with Crippen molar-refractivity contribution in [2.24, 2.45) is 0 Å². The van der Waals surface area contributed by atoms with Gasteiger partial charge in [-0.1, -0.05) is 82.7 Å². The number of fused-ring (bicyclic) bond motifs is 3. The zero-order chi connectivity index (χ0) is 31.3. The summed E-state index contributed by atoms with van der Waals surface area (Å²) in [5.74, 6) is -0.860. The Balaban J connectivity index is 1.18. The van der Waals surface area contributed by atoms with E-state index in [1.807, 2.05) is 97.9 Å². The molecule has 0 saturated carbocycles. The molecule has 2 amide bonds. The minimum Gasteiger partial charge on any atom is -0.321 e. The first-order chi connectivity index (χ1) is 21.9. The first-order valence-corrected chi connectivity index (χ1v) is 16.0. The fourth-order valence-electron chi connectivity index (χ4n) is 5.12. The number of anilines is 1. The van der Waals surface area contributed by atoms with Crippen LogP contribution in [0.2, 0.25) is 0 Å². The quantitative estimate of drug-likeness (QED) is 0.125. The molecule has 1 atom stereocenters. The van der Waals surface area contributed by atoms with E-state index in [1.165, 1.54) is 11.8 Å². The second kappa shape index (κ2) is 13.4. The molecule has 0 saturated heterocycles. The summed E-state index contributed by atoms with van der Waals surface area (Å²) in [6.07, 6.45) is 1.63. The number of benzene rings is 5. The van der Waals surface area contributed by atoms with Crippen LogP contribution in [-0.4, -0.2) is 27.5 Å². The van der Waals surface area contributed by atoms with E-state index in [4.69, 9.17) is 0 Å². The van der Waals surface area contributed by atoms with E-state index in [9.17, 15) is 14.4 Å². The Hall–Kier alpha value is -4.92. The van der Waals surface area contributed by atoms with E-state index in [0.29, 0.717) is 11.3 Å².